The van der Waals surface area contributed by atoms with Crippen molar-refractivity contribution < 1.29 is 13.9 Å². The number of hydrogen-bond donors (Lipinski definition) is 1. The Labute approximate surface area is 184 Å². The van der Waals surface area contributed by atoms with Crippen LogP contribution >= 0.6 is 0 Å². The molecule has 164 valence electrons. The van der Waals surface area contributed by atoms with E-state index in [1.165, 1.54) is 23.4 Å². The number of benzene rings is 2. The molecule has 4 rings (SSSR count). The molecule has 0 saturated carbocycles. The first-order valence-electron chi connectivity index (χ1n) is 10.1. The molecule has 0 spiro atoms. The molecular weight excluding hydrogens is 412 g/mol. The highest BCUT2D eigenvalue weighted by molar-refractivity contribution is 5.62. The Morgan fingerprint density at radius 1 is 1.03 bits per heavy atom. The number of hydrogen-bond acceptors (Lipinski definition) is 5. The molecule has 1 atom stereocenters. The van der Waals surface area contributed by atoms with Gasteiger partial charge in [0.1, 0.15) is 29.9 Å². The van der Waals surface area contributed by atoms with Crippen LogP contribution in [0.4, 0.5) is 8.78 Å². The minimum Gasteiger partial charge on any atom is -0.382 e. The van der Waals surface area contributed by atoms with Gasteiger partial charge in [-0.2, -0.15) is 5.10 Å². The number of rotatable bonds is 8. The van der Waals surface area contributed by atoms with E-state index in [1.54, 1.807) is 13.2 Å². The van der Waals surface area contributed by atoms with Gasteiger partial charge in [-0.25, -0.2) is 18.4 Å². The van der Waals surface area contributed by atoms with Crippen LogP contribution in [0.3, 0.4) is 0 Å². The normalized spacial score (nSPS) is 13.3. The summed E-state index contributed by atoms with van der Waals surface area (Å²) in [5.41, 5.74) is 1.22. The van der Waals surface area contributed by atoms with Crippen molar-refractivity contribution in [3.63, 3.8) is 0 Å². The van der Waals surface area contributed by atoms with E-state index in [0.717, 1.165) is 29.0 Å². The van der Waals surface area contributed by atoms with Gasteiger partial charge in [0.2, 0.25) is 0 Å². The summed E-state index contributed by atoms with van der Waals surface area (Å²) in [5.74, 6) is -1.52. The van der Waals surface area contributed by atoms with Crippen molar-refractivity contribution in [1.29, 1.82) is 0 Å². The predicted molar refractivity (Wildman–Crippen MR) is 116 cm³/mol. The summed E-state index contributed by atoms with van der Waals surface area (Å²) in [5, 5.41) is 15.5. The molecule has 0 amide bonds. The molecule has 1 unspecified atom stereocenters. The van der Waals surface area contributed by atoms with Crippen molar-refractivity contribution >= 4 is 0 Å². The second-order valence-corrected chi connectivity index (χ2v) is 7.83. The predicted octanol–water partition coefficient (Wildman–Crippen LogP) is 3.64. The van der Waals surface area contributed by atoms with E-state index in [9.17, 15) is 13.9 Å². The number of pyridine rings is 1. The maximum Gasteiger partial charge on any atom is 0.137 e. The average molecular weight is 435 g/mol. The van der Waals surface area contributed by atoms with Crippen LogP contribution in [0.5, 0.6) is 0 Å². The quantitative estimate of drug-likeness (QED) is 0.458. The summed E-state index contributed by atoms with van der Waals surface area (Å²) in [6.07, 6.45) is 4.58. The van der Waals surface area contributed by atoms with E-state index in [2.05, 4.69) is 15.1 Å². The highest BCUT2D eigenvalue weighted by atomic mass is 19.1. The van der Waals surface area contributed by atoms with Gasteiger partial charge in [-0.15, -0.1) is 0 Å². The molecule has 1 N–H and O–H groups in total. The smallest absolute Gasteiger partial charge is 0.137 e. The molecule has 2 aromatic carbocycles. The molecule has 32 heavy (non-hydrogen) atoms. The van der Waals surface area contributed by atoms with Gasteiger partial charge in [0, 0.05) is 36.5 Å². The molecule has 0 radical (unpaired) electrons. The second-order valence-electron chi connectivity index (χ2n) is 7.83. The average Bonchev–Trinajstić information content (AvgIpc) is 3.27. The first-order chi connectivity index (χ1) is 15.4. The maximum atomic E-state index is 14.6. The molecule has 0 fully saturated rings. The van der Waals surface area contributed by atoms with Gasteiger partial charge in [-0.1, -0.05) is 42.5 Å². The summed E-state index contributed by atoms with van der Waals surface area (Å²) in [6.45, 7) is 0.454. The van der Waals surface area contributed by atoms with Crippen LogP contribution in [-0.2, 0) is 18.7 Å². The molecule has 2 aromatic heterocycles. The third-order valence-electron chi connectivity index (χ3n) is 5.22. The molecule has 0 bridgehead atoms. The lowest BCUT2D eigenvalue weighted by molar-refractivity contribution is -0.0177. The molecule has 2 heterocycles. The molecule has 6 nitrogen and oxygen atoms in total. The standard InChI is InChI=1S/C24H23F2N5O/c1-30(13-21-9-7-19(12-28-21)18-5-3-2-4-6-18)14-24(32,15-31-17-27-16-29-31)22-10-8-20(25)11-23(22)26/h2-12,16-17,32H,13-15H2,1H3. The van der Waals surface area contributed by atoms with Crippen molar-refractivity contribution in [3.8, 4) is 11.1 Å². The molecule has 8 heteroatoms. The van der Waals surface area contributed by atoms with Gasteiger partial charge in [0.05, 0.1) is 12.2 Å². The summed E-state index contributed by atoms with van der Waals surface area (Å²) < 4.78 is 29.5. The van der Waals surface area contributed by atoms with Crippen LogP contribution in [0, 0.1) is 11.6 Å². The third-order valence-corrected chi connectivity index (χ3v) is 5.22. The summed E-state index contributed by atoms with van der Waals surface area (Å²) >= 11 is 0. The molecule has 0 aliphatic carbocycles. The van der Waals surface area contributed by atoms with Crippen molar-refractivity contribution in [1.82, 2.24) is 24.6 Å². The first-order valence-corrected chi connectivity index (χ1v) is 10.1. The van der Waals surface area contributed by atoms with Gasteiger partial charge >= 0.3 is 0 Å². The number of nitrogens with zero attached hydrogens (tertiary/aromatic N) is 5. The van der Waals surface area contributed by atoms with Gasteiger partial charge in [-0.05, 0) is 24.7 Å². The zero-order valence-electron chi connectivity index (χ0n) is 17.6. The Balaban J connectivity index is 1.52. The second kappa shape index (κ2) is 9.33. The lowest BCUT2D eigenvalue weighted by Crippen LogP contribution is -2.43. The lowest BCUT2D eigenvalue weighted by Gasteiger charge is -2.33. The van der Waals surface area contributed by atoms with Crippen molar-refractivity contribution in [2.45, 2.75) is 18.7 Å². The molecule has 4 aromatic rings. The minimum atomic E-state index is -1.66. The summed E-state index contributed by atoms with van der Waals surface area (Å²) in [7, 11) is 1.81. The van der Waals surface area contributed by atoms with Crippen LogP contribution in [0.1, 0.15) is 11.3 Å². The topological polar surface area (TPSA) is 67.1 Å². The Kier molecular flexibility index (Phi) is 6.34. The van der Waals surface area contributed by atoms with E-state index in [4.69, 9.17) is 0 Å². The monoisotopic (exact) mass is 435 g/mol. The fraction of sp³-hybridized carbons (Fsp3) is 0.208. The summed E-state index contributed by atoms with van der Waals surface area (Å²) in [6, 6.07) is 17.0. The van der Waals surface area contributed by atoms with Crippen molar-refractivity contribution in [2.24, 2.45) is 0 Å². The highest BCUT2D eigenvalue weighted by Gasteiger charge is 2.35. The van der Waals surface area contributed by atoms with Crippen molar-refractivity contribution in [2.75, 3.05) is 13.6 Å². The number of aliphatic hydroxyl groups is 1. The fourth-order valence-electron chi connectivity index (χ4n) is 3.77. The fourth-order valence-corrected chi connectivity index (χ4v) is 3.77. The van der Waals surface area contributed by atoms with E-state index >= 15 is 0 Å². The third kappa shape index (κ3) is 5.04. The van der Waals surface area contributed by atoms with E-state index < -0.39 is 17.2 Å². The van der Waals surface area contributed by atoms with Crippen LogP contribution in [0.15, 0.2) is 79.5 Å². The van der Waals surface area contributed by atoms with Crippen LogP contribution in [-0.4, -0.2) is 43.3 Å². The van der Waals surface area contributed by atoms with E-state index in [0.29, 0.717) is 6.54 Å². The molecule has 0 aliphatic rings. The van der Waals surface area contributed by atoms with Crippen LogP contribution in [0.2, 0.25) is 0 Å². The SMILES string of the molecule is CN(Cc1ccc(-c2ccccc2)cn1)CC(O)(Cn1cncn1)c1ccc(F)cc1F. The van der Waals surface area contributed by atoms with E-state index in [-0.39, 0.29) is 18.7 Å². The van der Waals surface area contributed by atoms with Gasteiger partial charge < -0.3 is 5.11 Å². The minimum absolute atomic E-state index is 0.00589. The zero-order chi connectivity index (χ0) is 22.6. The first kappa shape index (κ1) is 21.7. The molecule has 0 saturated heterocycles. The van der Waals surface area contributed by atoms with Gasteiger partial charge in [0.15, 0.2) is 0 Å². The summed E-state index contributed by atoms with van der Waals surface area (Å²) in [4.78, 5) is 10.2. The Morgan fingerprint density at radius 3 is 2.50 bits per heavy atom. The maximum absolute atomic E-state index is 14.6. The lowest BCUT2D eigenvalue weighted by atomic mass is 9.92. The van der Waals surface area contributed by atoms with Crippen LogP contribution < -0.4 is 0 Å². The Hall–Kier alpha value is -3.49. The van der Waals surface area contributed by atoms with Crippen molar-refractivity contribution in [3.05, 3.63) is 102 Å². The Morgan fingerprint density at radius 2 is 1.84 bits per heavy atom. The number of likely N-dealkylation sites (N-methyl/N-ethyl adjacent to an activating group) is 1. The zero-order valence-corrected chi connectivity index (χ0v) is 17.6. The molecular formula is C24H23F2N5O. The van der Waals surface area contributed by atoms with E-state index in [1.807, 2.05) is 47.4 Å². The Bertz CT molecular complexity index is 1150. The molecule has 0 aliphatic heterocycles. The number of aromatic nitrogens is 4. The van der Waals surface area contributed by atoms with Gasteiger partial charge in [0.25, 0.3) is 0 Å². The largest absolute Gasteiger partial charge is 0.382 e. The highest BCUT2D eigenvalue weighted by Crippen LogP contribution is 2.28. The van der Waals surface area contributed by atoms with Crippen LogP contribution in [0.25, 0.3) is 11.1 Å². The number of halogens is 2. The van der Waals surface area contributed by atoms with Gasteiger partial charge in [-0.3, -0.25) is 9.88 Å².